The number of allylic oxidation sites excluding steroid dienone is 1. The highest BCUT2D eigenvalue weighted by Gasteiger charge is 2.47. The normalized spacial score (nSPS) is 22.5. The molecule has 4 rings (SSSR count). The van der Waals surface area contributed by atoms with Crippen LogP contribution in [0.25, 0.3) is 11.6 Å². The molecule has 1 fully saturated rings. The molecule has 2 aromatic carbocycles. The van der Waals surface area contributed by atoms with Crippen molar-refractivity contribution in [1.29, 1.82) is 0 Å². The molecule has 0 aliphatic carbocycles. The summed E-state index contributed by atoms with van der Waals surface area (Å²) in [5.41, 5.74) is 6.63. The summed E-state index contributed by atoms with van der Waals surface area (Å²) in [5, 5.41) is 19.8. The van der Waals surface area contributed by atoms with Gasteiger partial charge >= 0.3 is 7.12 Å². The molecule has 0 spiro atoms. The van der Waals surface area contributed by atoms with Crippen LogP contribution in [0.3, 0.4) is 0 Å². The molecule has 2 N–H and O–H groups in total. The second-order valence-electron chi connectivity index (χ2n) is 9.10. The van der Waals surface area contributed by atoms with Crippen LogP contribution in [0.2, 0.25) is 6.32 Å². The van der Waals surface area contributed by atoms with Gasteiger partial charge in [0.15, 0.2) is 9.84 Å². The minimum absolute atomic E-state index is 0.0729. The van der Waals surface area contributed by atoms with Gasteiger partial charge < -0.3 is 14.8 Å². The zero-order valence-corrected chi connectivity index (χ0v) is 20.2. The van der Waals surface area contributed by atoms with Crippen molar-refractivity contribution in [1.82, 2.24) is 0 Å². The zero-order valence-electron chi connectivity index (χ0n) is 19.4. The summed E-state index contributed by atoms with van der Waals surface area (Å²) in [6.07, 6.45) is 3.74. The van der Waals surface area contributed by atoms with Gasteiger partial charge in [0.1, 0.15) is 5.75 Å². The highest BCUT2D eigenvalue weighted by molar-refractivity contribution is 7.92. The Morgan fingerprint density at radius 3 is 2.48 bits per heavy atom. The maximum atomic E-state index is 12.7. The third-order valence-corrected chi connectivity index (χ3v) is 8.81. The van der Waals surface area contributed by atoms with Gasteiger partial charge in [0.25, 0.3) is 0 Å². The van der Waals surface area contributed by atoms with E-state index in [1.165, 1.54) is 0 Å². The van der Waals surface area contributed by atoms with E-state index >= 15 is 0 Å². The first kappa shape index (κ1) is 23.8. The monoisotopic (exact) mass is 466 g/mol. The average molecular weight is 466 g/mol. The van der Waals surface area contributed by atoms with Gasteiger partial charge in [0, 0.05) is 6.32 Å². The fourth-order valence-corrected chi connectivity index (χ4v) is 7.32. The Bertz CT molecular complexity index is 1180. The van der Waals surface area contributed by atoms with Gasteiger partial charge in [-0.05, 0) is 78.6 Å². The van der Waals surface area contributed by atoms with E-state index in [4.69, 9.17) is 4.65 Å². The molecule has 0 amide bonds. The van der Waals surface area contributed by atoms with E-state index in [2.05, 4.69) is 18.2 Å². The summed E-state index contributed by atoms with van der Waals surface area (Å²) in [5.74, 6) is 0.384. The second kappa shape index (κ2) is 9.49. The molecule has 2 aliphatic heterocycles. The van der Waals surface area contributed by atoms with Crippen LogP contribution in [0, 0.1) is 13.8 Å². The highest BCUT2D eigenvalue weighted by atomic mass is 32.2. The van der Waals surface area contributed by atoms with Gasteiger partial charge in [0.05, 0.1) is 17.1 Å². The molecule has 0 unspecified atom stereocenters. The van der Waals surface area contributed by atoms with Crippen molar-refractivity contribution in [2.24, 2.45) is 0 Å². The second-order valence-corrected chi connectivity index (χ2v) is 11.3. The lowest BCUT2D eigenvalue weighted by molar-refractivity contribution is 0.171. The number of aromatic hydroxyl groups is 1. The molecule has 2 aromatic rings. The van der Waals surface area contributed by atoms with E-state index in [9.17, 15) is 18.5 Å². The molecule has 0 saturated carbocycles. The van der Waals surface area contributed by atoms with Crippen LogP contribution in [0.5, 0.6) is 5.75 Å². The standard InChI is InChI=1S/C26H31BO5S/c1-4-20-16-33(30,31)24-15-27(29)32-23(25(20)24)11-10-22(21-8-6-5-7-9-21)14-19-12-17(2)26(28)18(3)13-19/h5-9,12-14,23-24,28-29H,4,10-11,15-16H2,1-3H3/b22-14-/t23-,24+/m1/s1. The van der Waals surface area contributed by atoms with Gasteiger partial charge in [-0.1, -0.05) is 48.9 Å². The molecule has 5 nitrogen and oxygen atoms in total. The summed E-state index contributed by atoms with van der Waals surface area (Å²) in [6, 6.07) is 14.0. The minimum atomic E-state index is -3.28. The fourth-order valence-electron chi connectivity index (χ4n) is 5.10. The van der Waals surface area contributed by atoms with Crippen molar-refractivity contribution in [3.05, 3.63) is 75.9 Å². The maximum Gasteiger partial charge on any atom is 0.456 e. The zero-order chi connectivity index (χ0) is 23.8. The lowest BCUT2D eigenvalue weighted by Crippen LogP contribution is -2.41. The Labute approximate surface area is 196 Å². The van der Waals surface area contributed by atoms with Gasteiger partial charge in [-0.2, -0.15) is 0 Å². The summed E-state index contributed by atoms with van der Waals surface area (Å²) in [7, 11) is -4.35. The lowest BCUT2D eigenvalue weighted by atomic mass is 9.74. The van der Waals surface area contributed by atoms with Crippen LogP contribution < -0.4 is 0 Å². The third kappa shape index (κ3) is 4.95. The first-order valence-electron chi connectivity index (χ1n) is 11.5. The van der Waals surface area contributed by atoms with E-state index in [-0.39, 0.29) is 12.1 Å². The largest absolute Gasteiger partial charge is 0.507 e. The van der Waals surface area contributed by atoms with Crippen molar-refractivity contribution in [3.63, 3.8) is 0 Å². The van der Waals surface area contributed by atoms with Crippen LogP contribution in [0.4, 0.5) is 0 Å². The third-order valence-electron chi connectivity index (χ3n) is 6.75. The number of rotatable bonds is 6. The van der Waals surface area contributed by atoms with Crippen LogP contribution >= 0.6 is 0 Å². The maximum absolute atomic E-state index is 12.7. The number of hydrogen-bond donors (Lipinski definition) is 2. The van der Waals surface area contributed by atoms with Crippen molar-refractivity contribution in [2.45, 2.75) is 57.7 Å². The number of phenolic OH excluding ortho intramolecular Hbond substituents is 1. The lowest BCUT2D eigenvalue weighted by Gasteiger charge is -2.32. The average Bonchev–Trinajstić information content (AvgIpc) is 3.05. The first-order valence-corrected chi connectivity index (χ1v) is 13.2. The van der Waals surface area contributed by atoms with Crippen molar-refractivity contribution < 1.29 is 23.2 Å². The Morgan fingerprint density at radius 2 is 1.85 bits per heavy atom. The number of phenols is 1. The van der Waals surface area contributed by atoms with Gasteiger partial charge in [-0.15, -0.1) is 0 Å². The van der Waals surface area contributed by atoms with Crippen LogP contribution in [-0.2, 0) is 14.5 Å². The molecule has 2 aliphatic rings. The van der Waals surface area contributed by atoms with E-state index in [1.807, 2.05) is 51.1 Å². The summed E-state index contributed by atoms with van der Waals surface area (Å²) >= 11 is 0. The van der Waals surface area contributed by atoms with Crippen molar-refractivity contribution in [3.8, 4) is 5.75 Å². The van der Waals surface area contributed by atoms with Gasteiger partial charge in [0.2, 0.25) is 0 Å². The van der Waals surface area contributed by atoms with Gasteiger partial charge in [-0.25, -0.2) is 8.42 Å². The molecule has 2 heterocycles. The van der Waals surface area contributed by atoms with Crippen LogP contribution in [-0.4, -0.2) is 42.8 Å². The number of fused-ring (bicyclic) bond motifs is 1. The quantitative estimate of drug-likeness (QED) is 0.366. The summed E-state index contributed by atoms with van der Waals surface area (Å²) in [6.45, 7) is 5.75. The Kier molecular flexibility index (Phi) is 6.84. The Hall–Kier alpha value is -2.35. The van der Waals surface area contributed by atoms with Crippen LogP contribution in [0.1, 0.15) is 48.4 Å². The summed E-state index contributed by atoms with van der Waals surface area (Å²) in [4.78, 5) is 0. The Balaban J connectivity index is 1.66. The van der Waals surface area contributed by atoms with E-state index in [0.29, 0.717) is 25.0 Å². The van der Waals surface area contributed by atoms with E-state index in [0.717, 1.165) is 39.0 Å². The molecule has 1 saturated heterocycles. The molecule has 0 radical (unpaired) electrons. The van der Waals surface area contributed by atoms with E-state index < -0.39 is 28.3 Å². The molecule has 0 bridgehead atoms. The number of benzene rings is 2. The topological polar surface area (TPSA) is 83.8 Å². The molecule has 33 heavy (non-hydrogen) atoms. The molecule has 2 atom stereocenters. The molecule has 0 aromatic heterocycles. The molecular weight excluding hydrogens is 435 g/mol. The van der Waals surface area contributed by atoms with Crippen molar-refractivity contribution in [2.75, 3.05) is 5.75 Å². The number of hydrogen-bond acceptors (Lipinski definition) is 5. The molecular formula is C26H31BO5S. The highest BCUT2D eigenvalue weighted by Crippen LogP contribution is 2.41. The smallest absolute Gasteiger partial charge is 0.456 e. The van der Waals surface area contributed by atoms with Gasteiger partial charge in [-0.3, -0.25) is 0 Å². The first-order chi connectivity index (χ1) is 15.7. The number of sulfone groups is 1. The minimum Gasteiger partial charge on any atom is -0.507 e. The van der Waals surface area contributed by atoms with Crippen molar-refractivity contribution >= 4 is 28.6 Å². The van der Waals surface area contributed by atoms with Crippen LogP contribution in [0.15, 0.2) is 53.6 Å². The summed E-state index contributed by atoms with van der Waals surface area (Å²) < 4.78 is 31.3. The SMILES string of the molecule is CCC1=C2[C@@H](CC/C(=C/c3cc(C)c(O)c(C)c3)c3ccccc3)OB(O)C[C@@H]2S(=O)(=O)C1. The Morgan fingerprint density at radius 1 is 1.18 bits per heavy atom. The van der Waals surface area contributed by atoms with E-state index in [1.54, 1.807) is 0 Å². The molecule has 174 valence electrons. The predicted octanol–water partition coefficient (Wildman–Crippen LogP) is 4.71. The predicted molar refractivity (Wildman–Crippen MR) is 134 cm³/mol. The fraction of sp³-hybridized carbons (Fsp3) is 0.385. The number of aryl methyl sites for hydroxylation is 2. The molecule has 7 heteroatoms.